The van der Waals surface area contributed by atoms with Crippen LogP contribution in [0.5, 0.6) is 0 Å². The molecule has 27 heavy (non-hydrogen) atoms. The Kier molecular flexibility index (Phi) is 3.60. The molecule has 1 aliphatic heterocycles. The van der Waals surface area contributed by atoms with Crippen LogP contribution in [0.1, 0.15) is 39.7 Å². The number of hydrogen-bond acceptors (Lipinski definition) is 4. The number of nitrogens with one attached hydrogen (secondary N) is 1. The first-order valence-corrected chi connectivity index (χ1v) is 9.19. The van der Waals surface area contributed by atoms with Crippen molar-refractivity contribution in [2.24, 2.45) is 5.92 Å². The third-order valence-electron chi connectivity index (χ3n) is 5.72. The maximum atomic E-state index is 13.0. The Morgan fingerprint density at radius 3 is 2.96 bits per heavy atom. The number of nitrogens with zero attached hydrogens (tertiary/aromatic N) is 1. The van der Waals surface area contributed by atoms with E-state index in [1.165, 1.54) is 7.11 Å². The van der Waals surface area contributed by atoms with Gasteiger partial charge in [-0.3, -0.25) is 4.79 Å². The van der Waals surface area contributed by atoms with Gasteiger partial charge in [0.1, 0.15) is 5.76 Å². The number of amides is 1. The molecule has 0 spiro atoms. The van der Waals surface area contributed by atoms with E-state index >= 15 is 0 Å². The molecule has 3 aromatic rings. The Morgan fingerprint density at radius 2 is 2.19 bits per heavy atom. The average Bonchev–Trinajstić information content (AvgIpc) is 3.14. The van der Waals surface area contributed by atoms with E-state index in [0.29, 0.717) is 18.7 Å². The molecule has 5 rings (SSSR count). The average molecular weight is 364 g/mol. The number of carbonyl (C=O) groups excluding carboxylic acids is 2. The Labute approximate surface area is 156 Å². The van der Waals surface area contributed by atoms with Crippen LogP contribution in [0.25, 0.3) is 10.9 Å². The number of aromatic amines is 1. The van der Waals surface area contributed by atoms with E-state index in [9.17, 15) is 9.59 Å². The summed E-state index contributed by atoms with van der Waals surface area (Å²) in [5, 5.41) is 0.990. The van der Waals surface area contributed by atoms with Crippen molar-refractivity contribution in [2.75, 3.05) is 13.7 Å². The summed E-state index contributed by atoms with van der Waals surface area (Å²) in [5.74, 6) is 0.979. The first-order chi connectivity index (χ1) is 13.2. The van der Waals surface area contributed by atoms with Crippen molar-refractivity contribution < 1.29 is 18.7 Å². The Morgan fingerprint density at radius 1 is 1.30 bits per heavy atom. The van der Waals surface area contributed by atoms with Crippen LogP contribution in [-0.4, -0.2) is 35.4 Å². The molecular formula is C21H20N2O4. The molecule has 1 aromatic carbocycles. The molecule has 6 nitrogen and oxygen atoms in total. The van der Waals surface area contributed by atoms with E-state index in [1.54, 1.807) is 12.3 Å². The molecule has 6 heteroatoms. The summed E-state index contributed by atoms with van der Waals surface area (Å²) in [7, 11) is 1.38. The summed E-state index contributed by atoms with van der Waals surface area (Å²) >= 11 is 0. The number of esters is 1. The van der Waals surface area contributed by atoms with Crippen LogP contribution >= 0.6 is 0 Å². The largest absolute Gasteiger partial charge is 0.469 e. The molecule has 0 saturated heterocycles. The molecule has 1 amide bonds. The SMILES string of the molecule is COC(=O)c1ccc2[nH]c3c(c2c1)CN(C(=O)[C@@H]1C[C@H]1c1ccco1)CC3. The number of fused-ring (bicyclic) bond motifs is 3. The van der Waals surface area contributed by atoms with Gasteiger partial charge < -0.3 is 19.0 Å². The number of furan rings is 1. The van der Waals surface area contributed by atoms with Gasteiger partial charge in [0.15, 0.2) is 0 Å². The van der Waals surface area contributed by atoms with Crippen molar-refractivity contribution in [3.63, 3.8) is 0 Å². The number of hydrogen-bond donors (Lipinski definition) is 1. The fourth-order valence-corrected chi connectivity index (χ4v) is 4.17. The lowest BCUT2D eigenvalue weighted by Gasteiger charge is -2.27. The molecule has 1 N–H and O–H groups in total. The topological polar surface area (TPSA) is 75.5 Å². The molecule has 138 valence electrons. The molecular weight excluding hydrogens is 344 g/mol. The van der Waals surface area contributed by atoms with Crippen LogP contribution in [-0.2, 0) is 22.5 Å². The van der Waals surface area contributed by atoms with E-state index in [2.05, 4.69) is 4.98 Å². The highest BCUT2D eigenvalue weighted by molar-refractivity contribution is 5.96. The monoisotopic (exact) mass is 364 g/mol. The van der Waals surface area contributed by atoms with Gasteiger partial charge in [-0.1, -0.05) is 0 Å². The minimum Gasteiger partial charge on any atom is -0.469 e. The lowest BCUT2D eigenvalue weighted by Crippen LogP contribution is -2.37. The van der Waals surface area contributed by atoms with Crippen molar-refractivity contribution in [3.8, 4) is 0 Å². The Balaban J connectivity index is 1.40. The number of ether oxygens (including phenoxy) is 1. The number of benzene rings is 1. The van der Waals surface area contributed by atoms with Crippen LogP contribution in [0, 0.1) is 5.92 Å². The minimum atomic E-state index is -0.352. The molecule has 0 unspecified atom stereocenters. The number of carbonyl (C=O) groups is 2. The first-order valence-electron chi connectivity index (χ1n) is 9.19. The van der Waals surface area contributed by atoms with Gasteiger partial charge in [0, 0.05) is 53.5 Å². The number of rotatable bonds is 3. The smallest absolute Gasteiger partial charge is 0.337 e. The summed E-state index contributed by atoms with van der Waals surface area (Å²) in [6.45, 7) is 1.28. The zero-order valence-electron chi connectivity index (χ0n) is 15.0. The van der Waals surface area contributed by atoms with Crippen molar-refractivity contribution in [1.82, 2.24) is 9.88 Å². The van der Waals surface area contributed by atoms with Crippen molar-refractivity contribution in [2.45, 2.75) is 25.3 Å². The van der Waals surface area contributed by atoms with Crippen LogP contribution in [0.4, 0.5) is 0 Å². The van der Waals surface area contributed by atoms with Crippen molar-refractivity contribution in [3.05, 3.63) is 59.2 Å². The standard InChI is InChI=1S/C21H20N2O4/c1-26-21(25)12-4-5-17-13(9-12)16-11-23(7-6-18(16)22-17)20(24)15-10-14(15)19-3-2-8-27-19/h2-5,8-9,14-15,22H,6-7,10-11H2,1H3/t14-,15-/m1/s1. The third kappa shape index (κ3) is 2.63. The predicted octanol–water partition coefficient (Wildman–Crippen LogP) is 3.24. The predicted molar refractivity (Wildman–Crippen MR) is 98.3 cm³/mol. The second kappa shape index (κ2) is 6.01. The van der Waals surface area contributed by atoms with Gasteiger partial charge in [-0.05, 0) is 36.8 Å². The number of methoxy groups -OCH3 is 1. The van der Waals surface area contributed by atoms with Crippen LogP contribution < -0.4 is 0 Å². The van der Waals surface area contributed by atoms with E-state index < -0.39 is 0 Å². The van der Waals surface area contributed by atoms with Crippen LogP contribution in [0.2, 0.25) is 0 Å². The molecule has 0 bridgehead atoms. The van der Waals surface area contributed by atoms with E-state index in [4.69, 9.17) is 9.15 Å². The van der Waals surface area contributed by atoms with Gasteiger partial charge in [0.05, 0.1) is 18.9 Å². The highest BCUT2D eigenvalue weighted by atomic mass is 16.5. The zero-order valence-corrected chi connectivity index (χ0v) is 15.0. The number of aromatic nitrogens is 1. The van der Waals surface area contributed by atoms with Crippen molar-refractivity contribution >= 4 is 22.8 Å². The number of H-pyrrole nitrogens is 1. The van der Waals surface area contributed by atoms with Gasteiger partial charge in [-0.15, -0.1) is 0 Å². The lowest BCUT2D eigenvalue weighted by atomic mass is 10.0. The fourth-order valence-electron chi connectivity index (χ4n) is 4.17. The molecule has 1 aliphatic carbocycles. The molecule has 1 fully saturated rings. The van der Waals surface area contributed by atoms with E-state index in [0.717, 1.165) is 40.8 Å². The maximum absolute atomic E-state index is 13.0. The van der Waals surface area contributed by atoms with Gasteiger partial charge in [-0.25, -0.2) is 4.79 Å². The Bertz CT molecular complexity index is 1030. The molecule has 2 aromatic heterocycles. The minimum absolute atomic E-state index is 0.0218. The normalized spacial score (nSPS) is 21.1. The van der Waals surface area contributed by atoms with Gasteiger partial charge in [-0.2, -0.15) is 0 Å². The van der Waals surface area contributed by atoms with E-state index in [1.807, 2.05) is 29.2 Å². The first kappa shape index (κ1) is 16.2. The summed E-state index contributed by atoms with van der Waals surface area (Å²) in [5.41, 5.74) is 3.76. The summed E-state index contributed by atoms with van der Waals surface area (Å²) in [4.78, 5) is 30.2. The Hall–Kier alpha value is -3.02. The van der Waals surface area contributed by atoms with E-state index in [-0.39, 0.29) is 23.7 Å². The molecule has 2 atom stereocenters. The van der Waals surface area contributed by atoms with Gasteiger partial charge in [0.2, 0.25) is 5.91 Å². The second-order valence-electron chi connectivity index (χ2n) is 7.31. The maximum Gasteiger partial charge on any atom is 0.337 e. The fraction of sp³-hybridized carbons (Fsp3) is 0.333. The van der Waals surface area contributed by atoms with Crippen molar-refractivity contribution in [1.29, 1.82) is 0 Å². The third-order valence-corrected chi connectivity index (χ3v) is 5.72. The quantitative estimate of drug-likeness (QED) is 0.724. The molecule has 2 aliphatic rings. The second-order valence-corrected chi connectivity index (χ2v) is 7.31. The van der Waals surface area contributed by atoms with Crippen LogP contribution in [0.3, 0.4) is 0 Å². The van der Waals surface area contributed by atoms with Crippen LogP contribution in [0.15, 0.2) is 41.0 Å². The summed E-state index contributed by atoms with van der Waals surface area (Å²) in [6.07, 6.45) is 3.31. The highest BCUT2D eigenvalue weighted by Crippen LogP contribution is 2.49. The van der Waals surface area contributed by atoms with Gasteiger partial charge in [0.25, 0.3) is 0 Å². The lowest BCUT2D eigenvalue weighted by molar-refractivity contribution is -0.133. The summed E-state index contributed by atoms with van der Waals surface area (Å²) < 4.78 is 10.3. The zero-order chi connectivity index (χ0) is 18.5. The highest BCUT2D eigenvalue weighted by Gasteiger charge is 2.47. The van der Waals surface area contributed by atoms with Gasteiger partial charge >= 0.3 is 5.97 Å². The molecule has 0 radical (unpaired) electrons. The molecule has 1 saturated carbocycles. The summed E-state index contributed by atoms with van der Waals surface area (Å²) in [6, 6.07) is 9.33. The molecule has 3 heterocycles.